The topological polar surface area (TPSA) is 85.9 Å². The molecule has 0 radical (unpaired) electrons. The predicted octanol–water partition coefficient (Wildman–Crippen LogP) is 3.82. The second-order valence-electron chi connectivity index (χ2n) is 7.27. The quantitative estimate of drug-likeness (QED) is 0.618. The highest BCUT2D eigenvalue weighted by atomic mass is 16.2. The highest BCUT2D eigenvalue weighted by Gasteiger charge is 2.23. The van der Waals surface area contributed by atoms with Crippen molar-refractivity contribution in [3.05, 3.63) is 60.4 Å². The fourth-order valence-electron chi connectivity index (χ4n) is 3.75. The molecule has 1 saturated heterocycles. The van der Waals surface area contributed by atoms with E-state index in [2.05, 4.69) is 43.7 Å². The van der Waals surface area contributed by atoms with Gasteiger partial charge in [0.05, 0.1) is 5.69 Å². The van der Waals surface area contributed by atoms with E-state index >= 15 is 0 Å². The van der Waals surface area contributed by atoms with Gasteiger partial charge in [0, 0.05) is 48.8 Å². The first-order valence-corrected chi connectivity index (χ1v) is 10.1. The van der Waals surface area contributed by atoms with Crippen molar-refractivity contribution < 1.29 is 4.79 Å². The van der Waals surface area contributed by atoms with Gasteiger partial charge in [-0.2, -0.15) is 5.10 Å². The molecule has 3 heterocycles. The van der Waals surface area contributed by atoms with Gasteiger partial charge in [-0.3, -0.25) is 10.1 Å². The lowest BCUT2D eigenvalue weighted by molar-refractivity contribution is 0.246. The molecule has 0 unspecified atom stereocenters. The number of nitrogens with one attached hydrogen (secondary N) is 3. The molecule has 0 saturated carbocycles. The Morgan fingerprint density at radius 1 is 1.24 bits per heavy atom. The van der Waals surface area contributed by atoms with Gasteiger partial charge < -0.3 is 15.5 Å². The van der Waals surface area contributed by atoms with E-state index in [0.717, 1.165) is 60.7 Å². The third-order valence-electron chi connectivity index (χ3n) is 5.28. The third-order valence-corrected chi connectivity index (χ3v) is 5.28. The van der Waals surface area contributed by atoms with Crippen molar-refractivity contribution in [2.45, 2.75) is 32.2 Å². The SMILES string of the molecule is CCc1ccccc1NC(=O)N[C@H]1CCCN(c2cc(-c3ccncc3)[nH]n2)C1. The summed E-state index contributed by atoms with van der Waals surface area (Å²) in [7, 11) is 0. The minimum absolute atomic E-state index is 0.0821. The van der Waals surface area contributed by atoms with Crippen molar-refractivity contribution in [3.63, 3.8) is 0 Å². The van der Waals surface area contributed by atoms with Crippen LogP contribution >= 0.6 is 0 Å². The van der Waals surface area contributed by atoms with E-state index in [4.69, 9.17) is 0 Å². The van der Waals surface area contributed by atoms with Gasteiger partial charge in [0.2, 0.25) is 0 Å². The molecule has 1 aliphatic heterocycles. The van der Waals surface area contributed by atoms with Crippen LogP contribution in [0.3, 0.4) is 0 Å². The third kappa shape index (κ3) is 4.56. The van der Waals surface area contributed by atoms with Crippen LogP contribution in [0.15, 0.2) is 54.9 Å². The summed E-state index contributed by atoms with van der Waals surface area (Å²) in [5, 5.41) is 13.7. The van der Waals surface area contributed by atoms with Crippen molar-refractivity contribution in [2.24, 2.45) is 0 Å². The van der Waals surface area contributed by atoms with Crippen LogP contribution in [-0.2, 0) is 6.42 Å². The number of nitrogens with zero attached hydrogens (tertiary/aromatic N) is 3. The van der Waals surface area contributed by atoms with Gasteiger partial charge in [0.25, 0.3) is 0 Å². The number of hydrogen-bond donors (Lipinski definition) is 3. The Morgan fingerprint density at radius 2 is 2.07 bits per heavy atom. The molecule has 0 aliphatic carbocycles. The number of urea groups is 1. The molecule has 1 aliphatic rings. The molecule has 3 aromatic rings. The Hall–Kier alpha value is -3.35. The first-order valence-electron chi connectivity index (χ1n) is 10.1. The minimum atomic E-state index is -0.155. The monoisotopic (exact) mass is 390 g/mol. The molecule has 7 heteroatoms. The van der Waals surface area contributed by atoms with Gasteiger partial charge >= 0.3 is 6.03 Å². The lowest BCUT2D eigenvalue weighted by atomic mass is 10.1. The van der Waals surface area contributed by atoms with E-state index in [1.54, 1.807) is 12.4 Å². The summed E-state index contributed by atoms with van der Waals surface area (Å²) in [6, 6.07) is 13.8. The molecule has 3 N–H and O–H groups in total. The Kier molecular flexibility index (Phi) is 5.74. The molecule has 150 valence electrons. The second-order valence-corrected chi connectivity index (χ2v) is 7.27. The summed E-state index contributed by atoms with van der Waals surface area (Å²) in [5.74, 6) is 0.903. The van der Waals surface area contributed by atoms with Gasteiger partial charge in [0.1, 0.15) is 0 Å². The molecule has 2 amide bonds. The number of aryl methyl sites for hydroxylation is 1. The highest BCUT2D eigenvalue weighted by Crippen LogP contribution is 2.24. The zero-order valence-corrected chi connectivity index (χ0v) is 16.6. The number of anilines is 2. The van der Waals surface area contributed by atoms with Crippen molar-refractivity contribution in [1.29, 1.82) is 0 Å². The summed E-state index contributed by atoms with van der Waals surface area (Å²) in [6.45, 7) is 3.75. The maximum atomic E-state index is 12.5. The van der Waals surface area contributed by atoms with Gasteiger partial charge in [0.15, 0.2) is 5.82 Å². The maximum Gasteiger partial charge on any atom is 0.319 e. The number of piperidine rings is 1. The number of carbonyl (C=O) groups is 1. The first-order chi connectivity index (χ1) is 14.2. The average molecular weight is 390 g/mol. The lowest BCUT2D eigenvalue weighted by Crippen LogP contribution is -2.49. The smallest absolute Gasteiger partial charge is 0.319 e. The molecule has 4 rings (SSSR count). The van der Waals surface area contributed by atoms with Crippen LogP contribution in [0.1, 0.15) is 25.3 Å². The summed E-state index contributed by atoms with van der Waals surface area (Å²) >= 11 is 0. The summed E-state index contributed by atoms with van der Waals surface area (Å²) in [4.78, 5) is 18.8. The summed E-state index contributed by atoms with van der Waals surface area (Å²) in [5.41, 5.74) is 4.02. The molecule has 7 nitrogen and oxygen atoms in total. The number of pyridine rings is 1. The molecular formula is C22H26N6O. The lowest BCUT2D eigenvalue weighted by Gasteiger charge is -2.33. The Bertz CT molecular complexity index is 955. The van der Waals surface area contributed by atoms with E-state index in [1.165, 1.54) is 0 Å². The van der Waals surface area contributed by atoms with Gasteiger partial charge in [-0.1, -0.05) is 25.1 Å². The average Bonchev–Trinajstić information content (AvgIpc) is 3.25. The van der Waals surface area contributed by atoms with Crippen LogP contribution in [-0.4, -0.2) is 40.3 Å². The number of carbonyl (C=O) groups excluding carboxylic acids is 1. The fourth-order valence-corrected chi connectivity index (χ4v) is 3.75. The molecule has 0 spiro atoms. The van der Waals surface area contributed by atoms with Crippen molar-refractivity contribution in [2.75, 3.05) is 23.3 Å². The number of para-hydroxylation sites is 1. The normalized spacial score (nSPS) is 16.4. The van der Waals surface area contributed by atoms with Crippen molar-refractivity contribution >= 4 is 17.5 Å². The molecule has 1 aromatic carbocycles. The minimum Gasteiger partial charge on any atom is -0.353 e. The summed E-state index contributed by atoms with van der Waals surface area (Å²) < 4.78 is 0. The predicted molar refractivity (Wildman–Crippen MR) is 115 cm³/mol. The molecule has 29 heavy (non-hydrogen) atoms. The number of amides is 2. The number of H-pyrrole nitrogens is 1. The van der Waals surface area contributed by atoms with Gasteiger partial charge in [-0.25, -0.2) is 4.79 Å². The number of aromatic amines is 1. The van der Waals surface area contributed by atoms with Crippen LogP contribution in [0.5, 0.6) is 0 Å². The van der Waals surface area contributed by atoms with E-state index in [1.807, 2.05) is 36.4 Å². The fraction of sp³-hybridized carbons (Fsp3) is 0.318. The highest BCUT2D eigenvalue weighted by molar-refractivity contribution is 5.90. The number of hydrogen-bond acceptors (Lipinski definition) is 4. The molecule has 2 aromatic heterocycles. The van der Waals surface area contributed by atoms with Gasteiger partial charge in [-0.15, -0.1) is 0 Å². The van der Waals surface area contributed by atoms with Crippen LogP contribution in [0.25, 0.3) is 11.3 Å². The summed E-state index contributed by atoms with van der Waals surface area (Å²) in [6.07, 6.45) is 6.39. The van der Waals surface area contributed by atoms with Crippen LogP contribution < -0.4 is 15.5 Å². The van der Waals surface area contributed by atoms with Crippen LogP contribution in [0.2, 0.25) is 0 Å². The van der Waals surface area contributed by atoms with Gasteiger partial charge in [-0.05, 0) is 43.0 Å². The molecule has 1 atom stereocenters. The molecule has 0 bridgehead atoms. The largest absolute Gasteiger partial charge is 0.353 e. The number of benzene rings is 1. The zero-order chi connectivity index (χ0) is 20.1. The molecular weight excluding hydrogens is 364 g/mol. The Morgan fingerprint density at radius 3 is 2.90 bits per heavy atom. The zero-order valence-electron chi connectivity index (χ0n) is 16.6. The van der Waals surface area contributed by atoms with Crippen LogP contribution in [0, 0.1) is 0 Å². The number of aromatic nitrogens is 3. The maximum absolute atomic E-state index is 12.5. The van der Waals surface area contributed by atoms with E-state index in [-0.39, 0.29) is 12.1 Å². The Labute approximate surface area is 170 Å². The van der Waals surface area contributed by atoms with Crippen molar-refractivity contribution in [1.82, 2.24) is 20.5 Å². The second kappa shape index (κ2) is 8.77. The molecule has 1 fully saturated rings. The first kappa shape index (κ1) is 19.0. The van der Waals surface area contributed by atoms with E-state index < -0.39 is 0 Å². The van der Waals surface area contributed by atoms with E-state index in [9.17, 15) is 4.79 Å². The van der Waals surface area contributed by atoms with E-state index in [0.29, 0.717) is 0 Å². The number of rotatable bonds is 5. The van der Waals surface area contributed by atoms with Crippen LogP contribution in [0.4, 0.5) is 16.3 Å². The Balaban J connectivity index is 1.37. The standard InChI is InChI=1S/C22H26N6O/c1-2-16-6-3-4-8-19(16)25-22(29)24-18-7-5-13-28(15-18)21-14-20(26-27-21)17-9-11-23-12-10-17/h3-4,6,8-12,14,18H,2,5,7,13,15H2,1H3,(H,26,27)(H2,24,25,29)/t18-/m0/s1. The van der Waals surface area contributed by atoms with Crippen molar-refractivity contribution in [3.8, 4) is 11.3 Å².